The SMILES string of the molecule is Cn1ncc(-c2cccc(Cl)c2)c1CO. The number of benzene rings is 1. The molecule has 78 valence electrons. The second-order valence-electron chi connectivity index (χ2n) is 3.30. The molecule has 1 N–H and O–H groups in total. The minimum atomic E-state index is -0.0294. The van der Waals surface area contributed by atoms with Crippen LogP contribution in [0.5, 0.6) is 0 Å². The number of aliphatic hydroxyl groups excluding tert-OH is 1. The number of hydrogen-bond acceptors (Lipinski definition) is 2. The lowest BCUT2D eigenvalue weighted by molar-refractivity contribution is 0.271. The van der Waals surface area contributed by atoms with Gasteiger partial charge >= 0.3 is 0 Å². The van der Waals surface area contributed by atoms with E-state index in [4.69, 9.17) is 11.6 Å². The lowest BCUT2D eigenvalue weighted by Gasteiger charge is -2.03. The third kappa shape index (κ3) is 1.89. The topological polar surface area (TPSA) is 38.0 Å². The molecule has 0 saturated carbocycles. The van der Waals surface area contributed by atoms with Crippen LogP contribution in [0.4, 0.5) is 0 Å². The van der Waals surface area contributed by atoms with Gasteiger partial charge in [0.05, 0.1) is 18.5 Å². The molecule has 2 aromatic rings. The molecule has 0 bridgehead atoms. The van der Waals surface area contributed by atoms with Crippen molar-refractivity contribution >= 4 is 11.6 Å². The molecule has 1 aromatic carbocycles. The Balaban J connectivity index is 2.54. The van der Waals surface area contributed by atoms with Crippen LogP contribution in [-0.4, -0.2) is 14.9 Å². The van der Waals surface area contributed by atoms with Gasteiger partial charge in [-0.15, -0.1) is 0 Å². The average Bonchev–Trinajstić information content (AvgIpc) is 2.59. The fraction of sp³-hybridized carbons (Fsp3) is 0.182. The third-order valence-electron chi connectivity index (χ3n) is 2.35. The van der Waals surface area contributed by atoms with E-state index in [1.807, 2.05) is 24.3 Å². The lowest BCUT2D eigenvalue weighted by atomic mass is 10.1. The molecule has 15 heavy (non-hydrogen) atoms. The molecular formula is C11H11ClN2O. The lowest BCUT2D eigenvalue weighted by Crippen LogP contribution is -1.98. The van der Waals surface area contributed by atoms with Gasteiger partial charge in [-0.2, -0.15) is 5.10 Å². The van der Waals surface area contributed by atoms with Gasteiger partial charge in [-0.3, -0.25) is 4.68 Å². The Kier molecular flexibility index (Phi) is 2.75. The monoisotopic (exact) mass is 222 g/mol. The van der Waals surface area contributed by atoms with Crippen LogP contribution in [-0.2, 0) is 13.7 Å². The normalized spacial score (nSPS) is 10.6. The molecule has 0 atom stereocenters. The molecule has 0 saturated heterocycles. The standard InChI is InChI=1S/C11H11ClN2O/c1-14-11(7-15)10(6-13-14)8-3-2-4-9(12)5-8/h2-6,15H,7H2,1H3. The summed E-state index contributed by atoms with van der Waals surface area (Å²) in [6, 6.07) is 7.51. The molecule has 0 aliphatic carbocycles. The van der Waals surface area contributed by atoms with Crippen molar-refractivity contribution in [1.82, 2.24) is 9.78 Å². The average molecular weight is 223 g/mol. The molecule has 2 rings (SSSR count). The summed E-state index contributed by atoms with van der Waals surface area (Å²) >= 11 is 5.91. The second-order valence-corrected chi connectivity index (χ2v) is 3.73. The summed E-state index contributed by atoms with van der Waals surface area (Å²) in [6.45, 7) is -0.0294. The Labute approximate surface area is 92.9 Å². The highest BCUT2D eigenvalue weighted by atomic mass is 35.5. The van der Waals surface area contributed by atoms with Crippen molar-refractivity contribution in [3.05, 3.63) is 41.2 Å². The molecule has 0 spiro atoms. The molecule has 1 aromatic heterocycles. The number of halogens is 1. The molecule has 0 aliphatic rings. The van der Waals surface area contributed by atoms with Crippen LogP contribution in [0, 0.1) is 0 Å². The first-order valence-electron chi connectivity index (χ1n) is 4.60. The van der Waals surface area contributed by atoms with Gasteiger partial charge in [0.2, 0.25) is 0 Å². The van der Waals surface area contributed by atoms with Gasteiger partial charge in [0.25, 0.3) is 0 Å². The Hall–Kier alpha value is -1.32. The van der Waals surface area contributed by atoms with Crippen LogP contribution >= 0.6 is 11.6 Å². The van der Waals surface area contributed by atoms with E-state index >= 15 is 0 Å². The van der Waals surface area contributed by atoms with Crippen molar-refractivity contribution in [2.24, 2.45) is 7.05 Å². The highest BCUT2D eigenvalue weighted by molar-refractivity contribution is 6.30. The van der Waals surface area contributed by atoms with Crippen LogP contribution in [0.1, 0.15) is 5.69 Å². The third-order valence-corrected chi connectivity index (χ3v) is 2.58. The molecule has 0 aliphatic heterocycles. The Morgan fingerprint density at radius 1 is 1.47 bits per heavy atom. The predicted octanol–water partition coefficient (Wildman–Crippen LogP) is 2.23. The molecular weight excluding hydrogens is 212 g/mol. The van der Waals surface area contributed by atoms with Crippen molar-refractivity contribution in [2.45, 2.75) is 6.61 Å². The van der Waals surface area contributed by atoms with Crippen molar-refractivity contribution in [3.63, 3.8) is 0 Å². The first kappa shape index (κ1) is 10.2. The molecule has 0 fully saturated rings. The highest BCUT2D eigenvalue weighted by Gasteiger charge is 2.09. The van der Waals surface area contributed by atoms with Gasteiger partial charge in [-0.25, -0.2) is 0 Å². The van der Waals surface area contributed by atoms with E-state index in [-0.39, 0.29) is 6.61 Å². The minimum Gasteiger partial charge on any atom is -0.390 e. The maximum absolute atomic E-state index is 9.22. The zero-order valence-corrected chi connectivity index (χ0v) is 9.07. The minimum absolute atomic E-state index is 0.0294. The van der Waals surface area contributed by atoms with Crippen LogP contribution in [0.15, 0.2) is 30.5 Å². The second kappa shape index (κ2) is 4.04. The summed E-state index contributed by atoms with van der Waals surface area (Å²) in [4.78, 5) is 0. The van der Waals surface area contributed by atoms with Crippen LogP contribution in [0.25, 0.3) is 11.1 Å². The van der Waals surface area contributed by atoms with E-state index in [0.29, 0.717) is 5.02 Å². The molecule has 3 nitrogen and oxygen atoms in total. The fourth-order valence-corrected chi connectivity index (χ4v) is 1.74. The fourth-order valence-electron chi connectivity index (χ4n) is 1.55. The van der Waals surface area contributed by atoms with E-state index in [1.54, 1.807) is 17.9 Å². The van der Waals surface area contributed by atoms with Gasteiger partial charge in [-0.05, 0) is 17.7 Å². The zero-order valence-electron chi connectivity index (χ0n) is 8.31. The number of aromatic nitrogens is 2. The van der Waals surface area contributed by atoms with E-state index in [0.717, 1.165) is 16.8 Å². The summed E-state index contributed by atoms with van der Waals surface area (Å²) in [6.07, 6.45) is 1.73. The molecule has 0 radical (unpaired) electrons. The van der Waals surface area contributed by atoms with Gasteiger partial charge in [0.1, 0.15) is 0 Å². The highest BCUT2D eigenvalue weighted by Crippen LogP contribution is 2.25. The Morgan fingerprint density at radius 2 is 2.27 bits per heavy atom. The maximum atomic E-state index is 9.22. The first-order valence-corrected chi connectivity index (χ1v) is 4.98. The van der Waals surface area contributed by atoms with Crippen LogP contribution in [0.3, 0.4) is 0 Å². The van der Waals surface area contributed by atoms with Crippen molar-refractivity contribution in [2.75, 3.05) is 0 Å². The number of aliphatic hydroxyl groups is 1. The van der Waals surface area contributed by atoms with Crippen LogP contribution < -0.4 is 0 Å². The largest absolute Gasteiger partial charge is 0.390 e. The summed E-state index contributed by atoms with van der Waals surface area (Å²) < 4.78 is 1.66. The van der Waals surface area contributed by atoms with E-state index in [1.165, 1.54) is 0 Å². The number of aryl methyl sites for hydroxylation is 1. The van der Waals surface area contributed by atoms with Gasteiger partial charge in [0, 0.05) is 17.6 Å². The quantitative estimate of drug-likeness (QED) is 0.846. The molecule has 0 unspecified atom stereocenters. The van der Waals surface area contributed by atoms with Crippen molar-refractivity contribution < 1.29 is 5.11 Å². The molecule has 1 heterocycles. The smallest absolute Gasteiger partial charge is 0.0856 e. The van der Waals surface area contributed by atoms with Gasteiger partial charge in [-0.1, -0.05) is 23.7 Å². The summed E-state index contributed by atoms with van der Waals surface area (Å²) in [5.74, 6) is 0. The van der Waals surface area contributed by atoms with E-state index < -0.39 is 0 Å². The number of rotatable bonds is 2. The number of nitrogens with zero attached hydrogens (tertiary/aromatic N) is 2. The van der Waals surface area contributed by atoms with Crippen molar-refractivity contribution in [3.8, 4) is 11.1 Å². The molecule has 0 amide bonds. The van der Waals surface area contributed by atoms with Gasteiger partial charge in [0.15, 0.2) is 0 Å². The number of hydrogen-bond donors (Lipinski definition) is 1. The summed E-state index contributed by atoms with van der Waals surface area (Å²) in [5.41, 5.74) is 2.68. The molecule has 4 heteroatoms. The van der Waals surface area contributed by atoms with E-state index in [9.17, 15) is 5.11 Å². The maximum Gasteiger partial charge on any atom is 0.0856 e. The summed E-state index contributed by atoms with van der Waals surface area (Å²) in [5, 5.41) is 14.0. The first-order chi connectivity index (χ1) is 7.22. The van der Waals surface area contributed by atoms with E-state index in [2.05, 4.69) is 5.10 Å². The van der Waals surface area contributed by atoms with Gasteiger partial charge < -0.3 is 5.11 Å². The predicted molar refractivity (Wildman–Crippen MR) is 59.6 cm³/mol. The Morgan fingerprint density at radius 3 is 2.93 bits per heavy atom. The van der Waals surface area contributed by atoms with Crippen molar-refractivity contribution in [1.29, 1.82) is 0 Å². The Bertz CT molecular complexity index is 479. The summed E-state index contributed by atoms with van der Waals surface area (Å²) in [7, 11) is 1.81. The zero-order chi connectivity index (χ0) is 10.8. The van der Waals surface area contributed by atoms with Crippen LogP contribution in [0.2, 0.25) is 5.02 Å².